The van der Waals surface area contributed by atoms with E-state index in [0.717, 1.165) is 54.9 Å². The van der Waals surface area contributed by atoms with Crippen LogP contribution in [0.4, 0.5) is 0 Å². The molecule has 1 saturated carbocycles. The van der Waals surface area contributed by atoms with Gasteiger partial charge in [-0.2, -0.15) is 0 Å². The van der Waals surface area contributed by atoms with Gasteiger partial charge in [-0.1, -0.05) is 48.0 Å². The van der Waals surface area contributed by atoms with Crippen LogP contribution in [0.5, 0.6) is 0 Å². The number of aryl methyl sites for hydroxylation is 1. The summed E-state index contributed by atoms with van der Waals surface area (Å²) in [5.74, 6) is 0.693. The van der Waals surface area contributed by atoms with Crippen molar-refractivity contribution < 1.29 is 4.79 Å². The first-order chi connectivity index (χ1) is 14.2. The van der Waals surface area contributed by atoms with Gasteiger partial charge in [0.2, 0.25) is 0 Å². The molecule has 5 rings (SSSR count). The van der Waals surface area contributed by atoms with E-state index < -0.39 is 0 Å². The second kappa shape index (κ2) is 7.60. The maximum Gasteiger partial charge on any atom is 0.254 e. The number of benzene rings is 2. The molecule has 29 heavy (non-hydrogen) atoms. The van der Waals surface area contributed by atoms with Gasteiger partial charge in [-0.3, -0.25) is 14.7 Å². The van der Waals surface area contributed by atoms with E-state index >= 15 is 0 Å². The molecular weight excluding hydrogens is 358 g/mol. The first-order valence-electron chi connectivity index (χ1n) is 10.6. The largest absolute Gasteiger partial charge is 0.336 e. The van der Waals surface area contributed by atoms with E-state index in [9.17, 15) is 4.79 Å². The average Bonchev–Trinajstić information content (AvgIpc) is 3.58. The SMILES string of the molecule is Cc1cccc(CN2CCN(C(=O)c3cc(C4CC4)nc4ccccc34)CC2)c1. The number of hydrogen-bond donors (Lipinski definition) is 0. The lowest BCUT2D eigenvalue weighted by Gasteiger charge is -2.35. The highest BCUT2D eigenvalue weighted by Gasteiger charge is 2.29. The summed E-state index contributed by atoms with van der Waals surface area (Å²) in [7, 11) is 0. The monoisotopic (exact) mass is 385 g/mol. The predicted molar refractivity (Wildman–Crippen MR) is 116 cm³/mol. The molecule has 3 aromatic rings. The van der Waals surface area contributed by atoms with Crippen molar-refractivity contribution in [3.63, 3.8) is 0 Å². The van der Waals surface area contributed by atoms with E-state index in [0.29, 0.717) is 5.92 Å². The third kappa shape index (κ3) is 3.90. The van der Waals surface area contributed by atoms with Crippen molar-refractivity contribution in [2.75, 3.05) is 26.2 Å². The molecule has 2 fully saturated rings. The molecule has 4 heteroatoms. The number of carbonyl (C=O) groups is 1. The molecule has 0 radical (unpaired) electrons. The zero-order chi connectivity index (χ0) is 19.8. The summed E-state index contributed by atoms with van der Waals surface area (Å²) in [6, 6.07) is 18.8. The Morgan fingerprint density at radius 1 is 1.00 bits per heavy atom. The molecule has 0 atom stereocenters. The molecule has 0 N–H and O–H groups in total. The summed E-state index contributed by atoms with van der Waals surface area (Å²) in [6.45, 7) is 6.47. The molecule has 1 aliphatic heterocycles. The highest BCUT2D eigenvalue weighted by atomic mass is 16.2. The topological polar surface area (TPSA) is 36.4 Å². The minimum atomic E-state index is 0.153. The van der Waals surface area contributed by atoms with Gasteiger partial charge in [-0.05, 0) is 37.5 Å². The van der Waals surface area contributed by atoms with Crippen LogP contribution in [0.3, 0.4) is 0 Å². The number of hydrogen-bond acceptors (Lipinski definition) is 3. The number of para-hydroxylation sites is 1. The molecule has 1 aliphatic carbocycles. The Bertz CT molecular complexity index is 1050. The highest BCUT2D eigenvalue weighted by Crippen LogP contribution is 2.40. The number of aromatic nitrogens is 1. The zero-order valence-corrected chi connectivity index (χ0v) is 17.0. The molecule has 2 aromatic carbocycles. The van der Waals surface area contributed by atoms with Crippen molar-refractivity contribution in [2.24, 2.45) is 0 Å². The van der Waals surface area contributed by atoms with Crippen LogP contribution in [0, 0.1) is 6.92 Å². The summed E-state index contributed by atoms with van der Waals surface area (Å²) < 4.78 is 0. The van der Waals surface area contributed by atoms with Crippen LogP contribution in [0.1, 0.15) is 45.9 Å². The van der Waals surface area contributed by atoms with Crippen molar-refractivity contribution >= 4 is 16.8 Å². The molecule has 1 amide bonds. The van der Waals surface area contributed by atoms with E-state index in [1.165, 1.54) is 24.0 Å². The summed E-state index contributed by atoms with van der Waals surface area (Å²) >= 11 is 0. The molecule has 0 spiro atoms. The number of carbonyl (C=O) groups excluding carboxylic acids is 1. The number of nitrogens with zero attached hydrogens (tertiary/aromatic N) is 3. The summed E-state index contributed by atoms with van der Waals surface area (Å²) in [6.07, 6.45) is 2.38. The molecule has 1 saturated heterocycles. The number of rotatable bonds is 4. The second-order valence-corrected chi connectivity index (χ2v) is 8.44. The van der Waals surface area contributed by atoms with Gasteiger partial charge in [-0.15, -0.1) is 0 Å². The lowest BCUT2D eigenvalue weighted by molar-refractivity contribution is 0.0630. The van der Waals surface area contributed by atoms with Gasteiger partial charge >= 0.3 is 0 Å². The minimum absolute atomic E-state index is 0.153. The molecule has 0 bridgehead atoms. The predicted octanol–water partition coefficient (Wildman–Crippen LogP) is 4.38. The third-order valence-electron chi connectivity index (χ3n) is 6.11. The average molecular weight is 386 g/mol. The number of pyridine rings is 1. The zero-order valence-electron chi connectivity index (χ0n) is 17.0. The number of piperazine rings is 1. The van der Waals surface area contributed by atoms with E-state index in [1.54, 1.807) is 0 Å². The third-order valence-corrected chi connectivity index (χ3v) is 6.11. The van der Waals surface area contributed by atoms with E-state index in [2.05, 4.69) is 42.2 Å². The molecule has 1 aromatic heterocycles. The number of fused-ring (bicyclic) bond motifs is 1. The van der Waals surface area contributed by atoms with Crippen LogP contribution in [-0.2, 0) is 6.54 Å². The van der Waals surface area contributed by atoms with Gasteiger partial charge in [0.1, 0.15) is 0 Å². The van der Waals surface area contributed by atoms with Crippen LogP contribution in [0.15, 0.2) is 54.6 Å². The Labute approximate surface area is 172 Å². The van der Waals surface area contributed by atoms with E-state index in [4.69, 9.17) is 4.98 Å². The fourth-order valence-corrected chi connectivity index (χ4v) is 4.31. The van der Waals surface area contributed by atoms with Gasteiger partial charge in [0.15, 0.2) is 0 Å². The highest BCUT2D eigenvalue weighted by molar-refractivity contribution is 6.06. The molecule has 2 heterocycles. The van der Waals surface area contributed by atoms with Crippen molar-refractivity contribution in [1.82, 2.24) is 14.8 Å². The maximum atomic E-state index is 13.4. The summed E-state index contributed by atoms with van der Waals surface area (Å²) in [5.41, 5.74) is 5.50. The van der Waals surface area contributed by atoms with Gasteiger partial charge in [0.25, 0.3) is 5.91 Å². The first-order valence-corrected chi connectivity index (χ1v) is 10.6. The Morgan fingerprint density at radius 2 is 1.79 bits per heavy atom. The lowest BCUT2D eigenvalue weighted by Crippen LogP contribution is -2.48. The molecule has 2 aliphatic rings. The Morgan fingerprint density at radius 3 is 2.55 bits per heavy atom. The summed E-state index contributed by atoms with van der Waals surface area (Å²) in [5, 5.41) is 0.976. The normalized spacial score (nSPS) is 17.6. The van der Waals surface area contributed by atoms with Crippen molar-refractivity contribution in [3.8, 4) is 0 Å². The van der Waals surface area contributed by atoms with Crippen LogP contribution >= 0.6 is 0 Å². The summed E-state index contributed by atoms with van der Waals surface area (Å²) in [4.78, 5) is 22.7. The van der Waals surface area contributed by atoms with Crippen molar-refractivity contribution in [3.05, 3.63) is 77.0 Å². The Balaban J connectivity index is 1.32. The fourth-order valence-electron chi connectivity index (χ4n) is 4.31. The lowest BCUT2D eigenvalue weighted by atomic mass is 10.0. The van der Waals surface area contributed by atoms with Crippen LogP contribution in [0.25, 0.3) is 10.9 Å². The van der Waals surface area contributed by atoms with Crippen LogP contribution in [0.2, 0.25) is 0 Å². The van der Waals surface area contributed by atoms with Gasteiger partial charge in [0, 0.05) is 49.7 Å². The minimum Gasteiger partial charge on any atom is -0.336 e. The second-order valence-electron chi connectivity index (χ2n) is 8.44. The van der Waals surface area contributed by atoms with Crippen molar-refractivity contribution in [1.29, 1.82) is 0 Å². The number of amides is 1. The Kier molecular flexibility index (Phi) is 4.80. The maximum absolute atomic E-state index is 13.4. The molecule has 0 unspecified atom stereocenters. The Hall–Kier alpha value is -2.72. The fraction of sp³-hybridized carbons (Fsp3) is 0.360. The van der Waals surface area contributed by atoms with Crippen molar-refractivity contribution in [2.45, 2.75) is 32.2 Å². The first kappa shape index (κ1) is 18.3. The standard InChI is InChI=1S/C25H27N3O/c1-18-5-4-6-19(15-18)17-27-11-13-28(14-12-27)25(29)22-16-24(20-9-10-20)26-23-8-3-2-7-21(22)23/h2-8,15-16,20H,9-14,17H2,1H3. The van der Waals surface area contributed by atoms with Gasteiger partial charge < -0.3 is 4.90 Å². The molecular formula is C25H27N3O. The quantitative estimate of drug-likeness (QED) is 0.669. The van der Waals surface area contributed by atoms with E-state index in [-0.39, 0.29) is 5.91 Å². The molecule has 148 valence electrons. The van der Waals surface area contributed by atoms with Crippen LogP contribution in [-0.4, -0.2) is 46.9 Å². The van der Waals surface area contributed by atoms with Gasteiger partial charge in [-0.25, -0.2) is 0 Å². The molecule has 4 nitrogen and oxygen atoms in total. The smallest absolute Gasteiger partial charge is 0.254 e. The van der Waals surface area contributed by atoms with Gasteiger partial charge in [0.05, 0.1) is 11.1 Å². The van der Waals surface area contributed by atoms with E-state index in [1.807, 2.05) is 29.2 Å². The van der Waals surface area contributed by atoms with Crippen LogP contribution < -0.4 is 0 Å².